The molecule has 0 N–H and O–H groups in total. The van der Waals surface area contributed by atoms with E-state index in [0.717, 1.165) is 18.1 Å². The van der Waals surface area contributed by atoms with Crippen LogP contribution in [0.15, 0.2) is 29.2 Å². The first-order valence-corrected chi connectivity index (χ1v) is 9.38. The van der Waals surface area contributed by atoms with Gasteiger partial charge in [0, 0.05) is 30.6 Å². The van der Waals surface area contributed by atoms with Crippen LogP contribution in [0.1, 0.15) is 12.5 Å². The Labute approximate surface area is 124 Å². The van der Waals surface area contributed by atoms with Crippen LogP contribution in [0.2, 0.25) is 0 Å². The third kappa shape index (κ3) is 3.75. The first-order valence-electron chi connectivity index (χ1n) is 6.57. The maximum atomic E-state index is 12.3. The molecule has 1 saturated heterocycles. The zero-order valence-corrected chi connectivity index (χ0v) is 13.1. The van der Waals surface area contributed by atoms with Crippen molar-refractivity contribution in [2.45, 2.75) is 17.9 Å². The van der Waals surface area contributed by atoms with E-state index in [-0.39, 0.29) is 10.6 Å². The van der Waals surface area contributed by atoms with Gasteiger partial charge in [-0.1, -0.05) is 6.07 Å². The minimum atomic E-state index is -3.32. The van der Waals surface area contributed by atoms with E-state index in [0.29, 0.717) is 18.2 Å². The molecular weight excluding hydrogens is 292 g/mol. The fourth-order valence-electron chi connectivity index (χ4n) is 2.21. The molecule has 20 heavy (non-hydrogen) atoms. The Morgan fingerprint density at radius 2 is 2.30 bits per heavy atom. The molecule has 0 aliphatic carbocycles. The van der Waals surface area contributed by atoms with Crippen LogP contribution in [0.4, 0.5) is 0 Å². The largest absolute Gasteiger partial charge is 0.298 e. The maximum Gasteiger partial charge on any atom is 0.179 e. The van der Waals surface area contributed by atoms with Crippen LogP contribution in [0.5, 0.6) is 0 Å². The van der Waals surface area contributed by atoms with Crippen LogP contribution in [-0.4, -0.2) is 49.7 Å². The molecule has 1 aliphatic rings. The van der Waals surface area contributed by atoms with Gasteiger partial charge in [-0.3, -0.25) is 4.90 Å². The molecule has 4 nitrogen and oxygen atoms in total. The molecular formula is C14H18N2O2S2. The standard InChI is InChI=1S/C14H18N2O2S2/c1-12-11-19-7-5-16(12)6-8-20(17,18)14-4-2-3-13(9-14)10-15/h2-4,9,12H,5-8,11H2,1H3. The van der Waals surface area contributed by atoms with Gasteiger partial charge in [-0.05, 0) is 25.1 Å². The topological polar surface area (TPSA) is 61.2 Å². The minimum absolute atomic E-state index is 0.108. The van der Waals surface area contributed by atoms with E-state index in [2.05, 4.69) is 11.8 Å². The van der Waals surface area contributed by atoms with E-state index in [9.17, 15) is 8.42 Å². The monoisotopic (exact) mass is 310 g/mol. The molecule has 0 aromatic heterocycles. The first-order chi connectivity index (χ1) is 9.53. The maximum absolute atomic E-state index is 12.3. The number of sulfone groups is 1. The summed E-state index contributed by atoms with van der Waals surface area (Å²) in [5.41, 5.74) is 0.383. The molecule has 0 bridgehead atoms. The van der Waals surface area contributed by atoms with Crippen LogP contribution >= 0.6 is 11.8 Å². The normalized spacial score (nSPS) is 20.5. The zero-order chi connectivity index (χ0) is 14.6. The number of hydrogen-bond acceptors (Lipinski definition) is 5. The summed E-state index contributed by atoms with van der Waals surface area (Å²) in [5, 5.41) is 8.84. The lowest BCUT2D eigenvalue weighted by atomic mass is 10.2. The quantitative estimate of drug-likeness (QED) is 0.848. The van der Waals surface area contributed by atoms with Gasteiger partial charge in [0.15, 0.2) is 9.84 Å². The Balaban J connectivity index is 2.05. The van der Waals surface area contributed by atoms with Gasteiger partial charge < -0.3 is 0 Å². The van der Waals surface area contributed by atoms with Gasteiger partial charge in [0.1, 0.15) is 0 Å². The van der Waals surface area contributed by atoms with Gasteiger partial charge in [-0.25, -0.2) is 8.42 Å². The Bertz CT molecular complexity index is 608. The van der Waals surface area contributed by atoms with Crippen molar-refractivity contribution in [2.75, 3.05) is 30.3 Å². The summed E-state index contributed by atoms with van der Waals surface area (Å²) in [7, 11) is -3.32. The predicted molar refractivity (Wildman–Crippen MR) is 81.6 cm³/mol. The second kappa shape index (κ2) is 6.61. The molecule has 1 heterocycles. The molecule has 108 valence electrons. The van der Waals surface area contributed by atoms with Crippen LogP contribution in [-0.2, 0) is 9.84 Å². The summed E-state index contributed by atoms with van der Waals surface area (Å²) in [6, 6.07) is 8.64. The van der Waals surface area contributed by atoms with Crippen molar-refractivity contribution in [1.82, 2.24) is 4.90 Å². The fraction of sp³-hybridized carbons (Fsp3) is 0.500. The lowest BCUT2D eigenvalue weighted by Crippen LogP contribution is -2.42. The van der Waals surface area contributed by atoms with Gasteiger partial charge >= 0.3 is 0 Å². The van der Waals surface area contributed by atoms with Crippen LogP contribution in [0, 0.1) is 11.3 Å². The van der Waals surface area contributed by atoms with Gasteiger partial charge in [0.05, 0.1) is 22.3 Å². The van der Waals surface area contributed by atoms with Crippen molar-refractivity contribution in [2.24, 2.45) is 0 Å². The summed E-state index contributed by atoms with van der Waals surface area (Å²) in [4.78, 5) is 2.47. The van der Waals surface area contributed by atoms with E-state index in [1.54, 1.807) is 18.2 Å². The molecule has 1 aromatic carbocycles. The van der Waals surface area contributed by atoms with Gasteiger partial charge in [-0.15, -0.1) is 0 Å². The van der Waals surface area contributed by atoms with Crippen molar-refractivity contribution >= 4 is 21.6 Å². The number of nitriles is 1. The molecule has 0 radical (unpaired) electrons. The van der Waals surface area contributed by atoms with Crippen molar-refractivity contribution in [3.63, 3.8) is 0 Å². The van der Waals surface area contributed by atoms with E-state index < -0.39 is 9.84 Å². The van der Waals surface area contributed by atoms with Gasteiger partial charge in [0.25, 0.3) is 0 Å². The van der Waals surface area contributed by atoms with Crippen LogP contribution < -0.4 is 0 Å². The molecule has 1 atom stereocenters. The summed E-state index contributed by atoms with van der Waals surface area (Å²) in [6.45, 7) is 3.63. The van der Waals surface area contributed by atoms with Crippen LogP contribution in [0.25, 0.3) is 0 Å². The first kappa shape index (κ1) is 15.4. The molecule has 1 unspecified atom stereocenters. The average Bonchev–Trinajstić information content (AvgIpc) is 2.46. The molecule has 2 rings (SSSR count). The molecule has 1 aromatic rings. The Morgan fingerprint density at radius 1 is 1.50 bits per heavy atom. The second-order valence-electron chi connectivity index (χ2n) is 4.92. The number of hydrogen-bond donors (Lipinski definition) is 0. The van der Waals surface area contributed by atoms with Crippen LogP contribution in [0.3, 0.4) is 0 Å². The Kier molecular flexibility index (Phi) is 5.08. The van der Waals surface area contributed by atoms with Crippen molar-refractivity contribution in [3.05, 3.63) is 29.8 Å². The number of nitrogens with zero attached hydrogens (tertiary/aromatic N) is 2. The summed E-state index contributed by atoms with van der Waals surface area (Å²) < 4.78 is 24.6. The lowest BCUT2D eigenvalue weighted by molar-refractivity contribution is 0.246. The number of benzene rings is 1. The third-order valence-electron chi connectivity index (χ3n) is 3.47. The van der Waals surface area contributed by atoms with E-state index in [1.807, 2.05) is 17.8 Å². The molecule has 0 amide bonds. The van der Waals surface area contributed by atoms with Gasteiger partial charge in [-0.2, -0.15) is 17.0 Å². The average molecular weight is 310 g/mol. The van der Waals surface area contributed by atoms with Gasteiger partial charge in [0.2, 0.25) is 0 Å². The fourth-order valence-corrected chi connectivity index (χ4v) is 4.59. The predicted octanol–water partition coefficient (Wildman–Crippen LogP) is 1.77. The van der Waals surface area contributed by atoms with Crippen molar-refractivity contribution in [1.29, 1.82) is 5.26 Å². The smallest absolute Gasteiger partial charge is 0.179 e. The summed E-state index contributed by atoms with van der Waals surface area (Å²) >= 11 is 1.91. The van der Waals surface area contributed by atoms with E-state index in [1.165, 1.54) is 6.07 Å². The molecule has 0 saturated carbocycles. The third-order valence-corrected chi connectivity index (χ3v) is 6.36. The Hall–Kier alpha value is -1.03. The van der Waals surface area contributed by atoms with E-state index in [4.69, 9.17) is 5.26 Å². The minimum Gasteiger partial charge on any atom is -0.298 e. The lowest BCUT2D eigenvalue weighted by Gasteiger charge is -2.32. The molecule has 0 spiro atoms. The molecule has 6 heteroatoms. The molecule has 1 aliphatic heterocycles. The summed E-state index contributed by atoms with van der Waals surface area (Å²) in [6.07, 6.45) is 0. The summed E-state index contributed by atoms with van der Waals surface area (Å²) in [5.74, 6) is 2.23. The van der Waals surface area contributed by atoms with Crippen molar-refractivity contribution in [3.8, 4) is 6.07 Å². The Morgan fingerprint density at radius 3 is 3.00 bits per heavy atom. The van der Waals surface area contributed by atoms with E-state index >= 15 is 0 Å². The number of rotatable bonds is 4. The van der Waals surface area contributed by atoms with Crippen molar-refractivity contribution < 1.29 is 8.42 Å². The highest BCUT2D eigenvalue weighted by molar-refractivity contribution is 7.99. The highest BCUT2D eigenvalue weighted by Crippen LogP contribution is 2.17. The number of thioether (sulfide) groups is 1. The highest BCUT2D eigenvalue weighted by atomic mass is 32.2. The second-order valence-corrected chi connectivity index (χ2v) is 8.18. The highest BCUT2D eigenvalue weighted by Gasteiger charge is 2.22. The zero-order valence-electron chi connectivity index (χ0n) is 11.4. The molecule has 1 fully saturated rings. The SMILES string of the molecule is CC1CSCCN1CCS(=O)(=O)c1cccc(C#N)c1.